The van der Waals surface area contributed by atoms with Gasteiger partial charge in [-0.05, 0) is 12.6 Å². The first-order valence-corrected chi connectivity index (χ1v) is 6.54. The number of benzene rings is 1. The molecule has 1 unspecified atom stereocenters. The normalized spacial score (nSPS) is 27.9. The molecule has 92 valence electrons. The molecular formula is C14H21N3. The minimum atomic E-state index is 0.571. The van der Waals surface area contributed by atoms with Gasteiger partial charge in [0.25, 0.3) is 0 Å². The Bertz CT molecular complexity index is 361. The second kappa shape index (κ2) is 4.77. The van der Waals surface area contributed by atoms with E-state index in [1.165, 1.54) is 18.7 Å². The van der Waals surface area contributed by atoms with Crippen LogP contribution in [0.1, 0.15) is 11.6 Å². The van der Waals surface area contributed by atoms with Crippen LogP contribution in [-0.4, -0.2) is 55.6 Å². The van der Waals surface area contributed by atoms with Crippen molar-refractivity contribution in [3.8, 4) is 0 Å². The molecule has 3 nitrogen and oxygen atoms in total. The molecular weight excluding hydrogens is 210 g/mol. The van der Waals surface area contributed by atoms with Gasteiger partial charge in [0.15, 0.2) is 0 Å². The van der Waals surface area contributed by atoms with Crippen LogP contribution in [0, 0.1) is 0 Å². The van der Waals surface area contributed by atoms with Crippen LogP contribution >= 0.6 is 0 Å². The molecule has 2 fully saturated rings. The summed E-state index contributed by atoms with van der Waals surface area (Å²) in [6, 6.07) is 12.3. The third-order valence-electron chi connectivity index (χ3n) is 4.04. The largest absolute Gasteiger partial charge is 0.314 e. The molecule has 0 amide bonds. The second-order valence-corrected chi connectivity index (χ2v) is 5.24. The lowest BCUT2D eigenvalue weighted by Crippen LogP contribution is -2.62. The fourth-order valence-electron chi connectivity index (χ4n) is 2.85. The molecule has 2 heterocycles. The van der Waals surface area contributed by atoms with Gasteiger partial charge in [-0.1, -0.05) is 30.3 Å². The topological polar surface area (TPSA) is 18.5 Å². The van der Waals surface area contributed by atoms with E-state index in [-0.39, 0.29) is 0 Å². The predicted octanol–water partition coefficient (Wildman–Crippen LogP) is 0.947. The fraction of sp³-hybridized carbons (Fsp3) is 0.571. The molecule has 3 heteroatoms. The van der Waals surface area contributed by atoms with Crippen LogP contribution in [0.5, 0.6) is 0 Å². The SMILES string of the molecule is CN1CCN(C2CNC2)C(c2ccccc2)C1. The summed E-state index contributed by atoms with van der Waals surface area (Å²) in [7, 11) is 2.23. The molecule has 1 aromatic carbocycles. The third-order valence-corrected chi connectivity index (χ3v) is 4.04. The van der Waals surface area contributed by atoms with Crippen LogP contribution < -0.4 is 5.32 Å². The zero-order valence-electron chi connectivity index (χ0n) is 10.5. The minimum Gasteiger partial charge on any atom is -0.314 e. The monoisotopic (exact) mass is 231 g/mol. The van der Waals surface area contributed by atoms with E-state index in [1.807, 2.05) is 0 Å². The highest BCUT2D eigenvalue weighted by molar-refractivity contribution is 5.20. The number of hydrogen-bond acceptors (Lipinski definition) is 3. The van der Waals surface area contributed by atoms with Crippen molar-refractivity contribution < 1.29 is 0 Å². The lowest BCUT2D eigenvalue weighted by molar-refractivity contribution is 0.0306. The summed E-state index contributed by atoms with van der Waals surface area (Å²) in [5.41, 5.74) is 1.46. The molecule has 1 aromatic rings. The first-order valence-electron chi connectivity index (χ1n) is 6.54. The molecule has 2 aliphatic rings. The molecule has 0 radical (unpaired) electrons. The van der Waals surface area contributed by atoms with Gasteiger partial charge in [0.05, 0.1) is 0 Å². The lowest BCUT2D eigenvalue weighted by Gasteiger charge is -2.47. The Balaban J connectivity index is 1.81. The number of likely N-dealkylation sites (N-methyl/N-ethyl adjacent to an activating group) is 1. The van der Waals surface area contributed by atoms with Gasteiger partial charge in [-0.2, -0.15) is 0 Å². The highest BCUT2D eigenvalue weighted by Gasteiger charge is 2.34. The van der Waals surface area contributed by atoms with Crippen LogP contribution in [0.3, 0.4) is 0 Å². The van der Waals surface area contributed by atoms with Crippen LogP contribution in [0.15, 0.2) is 30.3 Å². The average Bonchev–Trinajstić information content (AvgIpc) is 2.30. The van der Waals surface area contributed by atoms with Crippen molar-refractivity contribution in [2.45, 2.75) is 12.1 Å². The van der Waals surface area contributed by atoms with E-state index in [9.17, 15) is 0 Å². The van der Waals surface area contributed by atoms with Gasteiger partial charge in [0.2, 0.25) is 0 Å². The Hall–Kier alpha value is -0.900. The number of nitrogens with one attached hydrogen (secondary N) is 1. The molecule has 0 bridgehead atoms. The number of piperazine rings is 1. The lowest BCUT2D eigenvalue weighted by atomic mass is 9.98. The number of nitrogens with zero attached hydrogens (tertiary/aromatic N) is 2. The van der Waals surface area contributed by atoms with Crippen LogP contribution in [-0.2, 0) is 0 Å². The Labute approximate surface area is 103 Å². The van der Waals surface area contributed by atoms with Crippen LogP contribution in [0.2, 0.25) is 0 Å². The smallest absolute Gasteiger partial charge is 0.0479 e. The predicted molar refractivity (Wildman–Crippen MR) is 70.0 cm³/mol. The molecule has 1 N–H and O–H groups in total. The van der Waals surface area contributed by atoms with Crippen LogP contribution in [0.25, 0.3) is 0 Å². The van der Waals surface area contributed by atoms with Crippen molar-refractivity contribution >= 4 is 0 Å². The summed E-state index contributed by atoms with van der Waals surface area (Å²) in [5.74, 6) is 0. The molecule has 0 spiro atoms. The van der Waals surface area contributed by atoms with Gasteiger partial charge >= 0.3 is 0 Å². The van der Waals surface area contributed by atoms with Gasteiger partial charge in [-0.3, -0.25) is 4.90 Å². The van der Waals surface area contributed by atoms with Crippen molar-refractivity contribution in [3.63, 3.8) is 0 Å². The summed E-state index contributed by atoms with van der Waals surface area (Å²) in [5, 5.41) is 3.39. The molecule has 0 saturated carbocycles. The first kappa shape index (κ1) is 11.2. The highest BCUT2D eigenvalue weighted by Crippen LogP contribution is 2.27. The minimum absolute atomic E-state index is 0.571. The summed E-state index contributed by atoms with van der Waals surface area (Å²) < 4.78 is 0. The zero-order chi connectivity index (χ0) is 11.7. The van der Waals surface area contributed by atoms with E-state index in [1.54, 1.807) is 0 Å². The van der Waals surface area contributed by atoms with Gasteiger partial charge in [-0.25, -0.2) is 0 Å². The first-order chi connectivity index (χ1) is 8.34. The van der Waals surface area contributed by atoms with Gasteiger partial charge in [-0.15, -0.1) is 0 Å². The maximum absolute atomic E-state index is 3.39. The zero-order valence-corrected chi connectivity index (χ0v) is 10.5. The van der Waals surface area contributed by atoms with E-state index in [0.717, 1.165) is 25.7 Å². The van der Waals surface area contributed by atoms with E-state index in [4.69, 9.17) is 0 Å². The van der Waals surface area contributed by atoms with Crippen molar-refractivity contribution in [2.75, 3.05) is 39.8 Å². The molecule has 0 aromatic heterocycles. The van der Waals surface area contributed by atoms with Crippen molar-refractivity contribution in [1.82, 2.24) is 15.1 Å². The Morgan fingerprint density at radius 2 is 1.88 bits per heavy atom. The number of hydrogen-bond donors (Lipinski definition) is 1. The Morgan fingerprint density at radius 3 is 2.53 bits per heavy atom. The molecule has 17 heavy (non-hydrogen) atoms. The van der Waals surface area contributed by atoms with Crippen molar-refractivity contribution in [1.29, 1.82) is 0 Å². The molecule has 0 aliphatic carbocycles. The van der Waals surface area contributed by atoms with Crippen molar-refractivity contribution in [3.05, 3.63) is 35.9 Å². The maximum Gasteiger partial charge on any atom is 0.0479 e. The van der Waals surface area contributed by atoms with Gasteiger partial charge in [0.1, 0.15) is 0 Å². The van der Waals surface area contributed by atoms with Gasteiger partial charge < -0.3 is 10.2 Å². The maximum atomic E-state index is 3.39. The fourth-order valence-corrected chi connectivity index (χ4v) is 2.85. The standard InChI is InChI=1S/C14H21N3/c1-16-7-8-17(13-9-15-10-13)14(11-16)12-5-3-2-4-6-12/h2-6,13-15H,7-11H2,1H3. The summed E-state index contributed by atoms with van der Waals surface area (Å²) in [6.07, 6.45) is 0. The van der Waals surface area contributed by atoms with E-state index in [2.05, 4.69) is 52.5 Å². The average molecular weight is 231 g/mol. The third kappa shape index (κ3) is 2.23. The van der Waals surface area contributed by atoms with E-state index in [0.29, 0.717) is 6.04 Å². The highest BCUT2D eigenvalue weighted by atomic mass is 15.3. The van der Waals surface area contributed by atoms with Crippen LogP contribution in [0.4, 0.5) is 0 Å². The second-order valence-electron chi connectivity index (χ2n) is 5.24. The van der Waals surface area contributed by atoms with Crippen molar-refractivity contribution in [2.24, 2.45) is 0 Å². The Kier molecular flexibility index (Phi) is 3.14. The Morgan fingerprint density at radius 1 is 1.12 bits per heavy atom. The van der Waals surface area contributed by atoms with Gasteiger partial charge in [0, 0.05) is 44.8 Å². The molecule has 2 saturated heterocycles. The van der Waals surface area contributed by atoms with E-state index >= 15 is 0 Å². The molecule has 1 atom stereocenters. The summed E-state index contributed by atoms with van der Waals surface area (Å²) in [4.78, 5) is 5.13. The summed E-state index contributed by atoms with van der Waals surface area (Å²) in [6.45, 7) is 5.86. The quantitative estimate of drug-likeness (QED) is 0.817. The molecule has 2 aliphatic heterocycles. The summed E-state index contributed by atoms with van der Waals surface area (Å²) >= 11 is 0. The van der Waals surface area contributed by atoms with E-state index < -0.39 is 0 Å². The number of rotatable bonds is 2. The molecule has 3 rings (SSSR count).